The number of nitrogens with zero attached hydrogens (tertiary/aromatic N) is 2. The molecule has 0 spiro atoms. The maximum Gasteiger partial charge on any atom is 0.303 e. The van der Waals surface area contributed by atoms with Gasteiger partial charge in [0.25, 0.3) is 6.04 Å². The highest BCUT2D eigenvalue weighted by molar-refractivity contribution is 5.67. The Morgan fingerprint density at radius 3 is 2.09 bits per heavy atom. The lowest BCUT2D eigenvalue weighted by atomic mass is 9.65. The number of methoxy groups -OCH3 is 2. The molecule has 0 radical (unpaired) electrons. The van der Waals surface area contributed by atoms with Crippen LogP contribution in [0.5, 0.6) is 34.5 Å². The highest BCUT2D eigenvalue weighted by Crippen LogP contribution is 2.54. The monoisotopic (exact) mass is 628 g/mol. The Balaban J connectivity index is 2.11. The molecule has 12 heteroatoms. The molecule has 0 aromatic heterocycles. The van der Waals surface area contributed by atoms with Crippen LogP contribution in [0.3, 0.4) is 0 Å². The summed E-state index contributed by atoms with van der Waals surface area (Å²) in [5.74, 6) is 1.38. The van der Waals surface area contributed by atoms with Crippen LogP contribution < -0.4 is 28.4 Å². The van der Waals surface area contributed by atoms with Crippen molar-refractivity contribution in [3.8, 4) is 40.6 Å². The highest BCUT2D eigenvalue weighted by Gasteiger charge is 2.47. The van der Waals surface area contributed by atoms with Gasteiger partial charge in [-0.05, 0) is 50.8 Å². The molecule has 0 saturated heterocycles. The molecule has 3 unspecified atom stereocenters. The molecule has 0 saturated carbocycles. The minimum atomic E-state index is -1.37. The maximum atomic E-state index is 12.5. The van der Waals surface area contributed by atoms with E-state index in [1.54, 1.807) is 30.3 Å². The minimum absolute atomic E-state index is 0.00116. The van der Waals surface area contributed by atoms with Gasteiger partial charge >= 0.3 is 5.97 Å². The maximum absolute atomic E-state index is 12.5. The van der Waals surface area contributed by atoms with Crippen molar-refractivity contribution in [3.63, 3.8) is 0 Å². The molecule has 1 heterocycles. The number of carbonyl (C=O) groups excluding carboxylic acids is 1. The second-order valence-electron chi connectivity index (χ2n) is 10.7. The van der Waals surface area contributed by atoms with E-state index in [1.807, 2.05) is 27.7 Å². The number of carbonyl (C=O) groups is 1. The van der Waals surface area contributed by atoms with Crippen LogP contribution in [0, 0.1) is 27.4 Å². The number of nitro groups is 1. The number of fused-ring (bicyclic) bond motifs is 1. The third kappa shape index (κ3) is 7.64. The number of benzene rings is 2. The third-order valence-electron chi connectivity index (χ3n) is 8.16. The molecule has 45 heavy (non-hydrogen) atoms. The lowest BCUT2D eigenvalue weighted by molar-refractivity contribution is -0.537. The van der Waals surface area contributed by atoms with Gasteiger partial charge in [0.2, 0.25) is 17.8 Å². The molecule has 2 aromatic rings. The molecule has 0 bridgehead atoms. The van der Waals surface area contributed by atoms with Crippen LogP contribution in [0.2, 0.25) is 0 Å². The molecular formula is C33H44N2O10. The topological polar surface area (TPSA) is 149 Å². The number of rotatable bonds is 18. The Bertz CT molecular complexity index is 1330. The van der Waals surface area contributed by atoms with E-state index in [0.717, 1.165) is 0 Å². The average Bonchev–Trinajstić information content (AvgIpc) is 3.44. The summed E-state index contributed by atoms with van der Waals surface area (Å²) in [4.78, 5) is 24.3. The van der Waals surface area contributed by atoms with E-state index in [2.05, 4.69) is 6.07 Å². The summed E-state index contributed by atoms with van der Waals surface area (Å²) in [5, 5.41) is 23.5. The lowest BCUT2D eigenvalue weighted by Crippen LogP contribution is -2.43. The Labute approximate surface area is 264 Å². The molecule has 0 aliphatic carbocycles. The Morgan fingerprint density at radius 2 is 1.62 bits per heavy atom. The van der Waals surface area contributed by atoms with Crippen molar-refractivity contribution in [2.24, 2.45) is 5.92 Å². The van der Waals surface area contributed by atoms with E-state index in [1.165, 1.54) is 21.1 Å². The fraction of sp³-hybridized carbons (Fsp3) is 0.576. The van der Waals surface area contributed by atoms with Crippen LogP contribution in [0.25, 0.3) is 0 Å². The number of hydrogen-bond donors (Lipinski definition) is 0. The van der Waals surface area contributed by atoms with Crippen LogP contribution in [-0.2, 0) is 14.9 Å². The second-order valence-corrected chi connectivity index (χ2v) is 10.7. The first-order valence-corrected chi connectivity index (χ1v) is 15.3. The van der Waals surface area contributed by atoms with Gasteiger partial charge in [0, 0.05) is 17.4 Å². The number of ether oxygens (including phenoxy) is 7. The summed E-state index contributed by atoms with van der Waals surface area (Å²) < 4.78 is 40.6. The van der Waals surface area contributed by atoms with Crippen LogP contribution >= 0.6 is 0 Å². The molecule has 3 rings (SSSR count). The quantitative estimate of drug-likeness (QED) is 0.105. The zero-order chi connectivity index (χ0) is 33.1. The lowest BCUT2D eigenvalue weighted by Gasteiger charge is -2.37. The van der Waals surface area contributed by atoms with Gasteiger partial charge in [-0.3, -0.25) is 14.9 Å². The van der Waals surface area contributed by atoms with Crippen molar-refractivity contribution in [1.82, 2.24) is 0 Å². The normalized spacial score (nSPS) is 15.0. The fourth-order valence-corrected chi connectivity index (χ4v) is 6.14. The van der Waals surface area contributed by atoms with E-state index < -0.39 is 34.7 Å². The first-order valence-electron chi connectivity index (χ1n) is 15.3. The van der Waals surface area contributed by atoms with Crippen molar-refractivity contribution in [1.29, 1.82) is 5.26 Å². The number of hydrogen-bond acceptors (Lipinski definition) is 11. The van der Waals surface area contributed by atoms with Gasteiger partial charge in [0.15, 0.2) is 29.1 Å². The van der Waals surface area contributed by atoms with E-state index in [4.69, 9.17) is 33.2 Å². The van der Waals surface area contributed by atoms with E-state index in [9.17, 15) is 20.2 Å². The SMILES string of the molecule is CCOc1cc(C(C#N)(CCC(OC(C)=O)C(CC2Oc3ccccc3O2)[N+](=O)[O-])C(CC)CC)c(OCC)c(OC)c1OC. The van der Waals surface area contributed by atoms with Crippen LogP contribution in [0.4, 0.5) is 0 Å². The van der Waals surface area contributed by atoms with Crippen molar-refractivity contribution in [2.75, 3.05) is 27.4 Å². The minimum Gasteiger partial charge on any atom is -0.490 e. The van der Waals surface area contributed by atoms with Crippen LogP contribution in [-0.4, -0.2) is 56.8 Å². The van der Waals surface area contributed by atoms with Crippen LogP contribution in [0.15, 0.2) is 30.3 Å². The van der Waals surface area contributed by atoms with E-state index in [-0.39, 0.29) is 37.5 Å². The average molecular weight is 629 g/mol. The predicted molar refractivity (Wildman–Crippen MR) is 165 cm³/mol. The highest BCUT2D eigenvalue weighted by atomic mass is 16.7. The molecular weight excluding hydrogens is 584 g/mol. The largest absolute Gasteiger partial charge is 0.490 e. The first-order chi connectivity index (χ1) is 21.6. The van der Waals surface area contributed by atoms with Crippen molar-refractivity contribution in [3.05, 3.63) is 46.0 Å². The van der Waals surface area contributed by atoms with Gasteiger partial charge in [-0.1, -0.05) is 38.8 Å². The smallest absolute Gasteiger partial charge is 0.303 e. The van der Waals surface area contributed by atoms with Gasteiger partial charge in [0.05, 0.1) is 45.3 Å². The van der Waals surface area contributed by atoms with Gasteiger partial charge in [-0.2, -0.15) is 5.26 Å². The molecule has 3 atom stereocenters. The van der Waals surface area contributed by atoms with Gasteiger partial charge < -0.3 is 33.2 Å². The summed E-state index contributed by atoms with van der Waals surface area (Å²) >= 11 is 0. The van der Waals surface area contributed by atoms with Gasteiger partial charge in [0.1, 0.15) is 0 Å². The number of esters is 1. The second kappa shape index (κ2) is 16.1. The summed E-state index contributed by atoms with van der Waals surface area (Å²) in [6.45, 7) is 9.43. The molecule has 2 aromatic carbocycles. The predicted octanol–water partition coefficient (Wildman–Crippen LogP) is 6.24. The third-order valence-corrected chi connectivity index (χ3v) is 8.16. The van der Waals surface area contributed by atoms with Crippen molar-refractivity contribution >= 4 is 5.97 Å². The summed E-state index contributed by atoms with van der Waals surface area (Å²) in [6, 6.07) is 9.91. The number of para-hydroxylation sites is 2. The van der Waals surface area contributed by atoms with Gasteiger partial charge in [-0.15, -0.1) is 0 Å². The zero-order valence-corrected chi connectivity index (χ0v) is 27.1. The molecule has 12 nitrogen and oxygen atoms in total. The molecule has 0 fully saturated rings. The summed E-state index contributed by atoms with van der Waals surface area (Å²) in [7, 11) is 2.97. The zero-order valence-electron chi connectivity index (χ0n) is 27.1. The Kier molecular flexibility index (Phi) is 12.5. The number of nitriles is 1. The van der Waals surface area contributed by atoms with Gasteiger partial charge in [-0.25, -0.2) is 0 Å². The fourth-order valence-electron chi connectivity index (χ4n) is 6.14. The Hall–Kier alpha value is -4.40. The van der Waals surface area contributed by atoms with E-state index >= 15 is 0 Å². The van der Waals surface area contributed by atoms with Crippen molar-refractivity contribution < 1.29 is 42.9 Å². The van der Waals surface area contributed by atoms with E-state index in [0.29, 0.717) is 53.8 Å². The van der Waals surface area contributed by atoms with Crippen LogP contribution in [0.1, 0.15) is 72.3 Å². The molecule has 246 valence electrons. The van der Waals surface area contributed by atoms with Crippen molar-refractivity contribution in [2.45, 2.75) is 90.6 Å². The standard InChI is InChI=1S/C33H44N2O10/c1-8-22(9-2)33(20-34,23-18-28(41-10-3)31(39-6)32(40-7)30(23)42-11-4)17-16-25(43-21(5)36)24(35(37)38)19-29-44-26-14-12-13-15-27(26)45-29/h12-15,18,22,24-25,29H,8-11,16-17,19H2,1-7H3. The summed E-state index contributed by atoms with van der Waals surface area (Å²) in [6.07, 6.45) is -0.971. The molecule has 0 amide bonds. The molecule has 1 aliphatic rings. The Morgan fingerprint density at radius 1 is 1.02 bits per heavy atom. The molecule has 0 N–H and O–H groups in total. The molecule has 1 aliphatic heterocycles. The summed E-state index contributed by atoms with van der Waals surface area (Å²) in [5.41, 5.74) is -0.728. The first kappa shape index (κ1) is 35.1.